The van der Waals surface area contributed by atoms with E-state index in [-0.39, 0.29) is 5.69 Å². The molecule has 3 aromatic carbocycles. The van der Waals surface area contributed by atoms with Crippen molar-refractivity contribution in [2.75, 3.05) is 12.4 Å². The van der Waals surface area contributed by atoms with Crippen LogP contribution in [0.25, 0.3) is 0 Å². The van der Waals surface area contributed by atoms with Gasteiger partial charge in [-0.2, -0.15) is 10.2 Å². The lowest BCUT2D eigenvalue weighted by Gasteiger charge is -2.06. The van der Waals surface area contributed by atoms with Crippen molar-refractivity contribution in [3.05, 3.63) is 82.9 Å². The Bertz CT molecular complexity index is 922. The van der Waals surface area contributed by atoms with E-state index in [9.17, 15) is 10.1 Å². The molecular weight excluding hydrogens is 332 g/mol. The minimum absolute atomic E-state index is 0.0239. The molecule has 0 saturated heterocycles. The summed E-state index contributed by atoms with van der Waals surface area (Å²) in [7, 11) is 1.61. The van der Waals surface area contributed by atoms with Crippen LogP contribution < -0.4 is 10.1 Å². The summed E-state index contributed by atoms with van der Waals surface area (Å²) in [6.07, 6.45) is 0. The first-order valence-corrected chi connectivity index (χ1v) is 7.82. The van der Waals surface area contributed by atoms with E-state index in [1.54, 1.807) is 49.6 Å². The quantitative estimate of drug-likeness (QED) is 0.348. The smallest absolute Gasteiger partial charge is 0.292 e. The van der Waals surface area contributed by atoms with Gasteiger partial charge < -0.3 is 10.1 Å². The van der Waals surface area contributed by atoms with Crippen molar-refractivity contribution in [2.45, 2.75) is 0 Å². The van der Waals surface area contributed by atoms with Gasteiger partial charge in [0.15, 0.2) is 0 Å². The van der Waals surface area contributed by atoms with E-state index in [4.69, 9.17) is 4.74 Å². The zero-order valence-electron chi connectivity index (χ0n) is 14.0. The van der Waals surface area contributed by atoms with Gasteiger partial charge in [0.05, 0.1) is 23.4 Å². The van der Waals surface area contributed by atoms with Crippen LogP contribution >= 0.6 is 0 Å². The number of ether oxygens (including phenoxy) is 1. The molecule has 0 spiro atoms. The fraction of sp³-hybridized carbons (Fsp3) is 0.0526. The molecule has 0 amide bonds. The van der Waals surface area contributed by atoms with E-state index in [1.165, 1.54) is 6.07 Å². The lowest BCUT2D eigenvalue weighted by atomic mass is 10.2. The van der Waals surface area contributed by atoms with E-state index in [0.717, 1.165) is 11.4 Å². The van der Waals surface area contributed by atoms with E-state index in [1.807, 2.05) is 24.3 Å². The minimum atomic E-state index is -0.417. The van der Waals surface area contributed by atoms with Crippen LogP contribution in [0.15, 0.2) is 83.0 Å². The average molecular weight is 348 g/mol. The number of para-hydroxylation sites is 2. The Labute approximate surface area is 150 Å². The molecular formula is C19H16N4O3. The Balaban J connectivity index is 1.70. The summed E-state index contributed by atoms with van der Waals surface area (Å²) < 4.78 is 5.10. The number of benzene rings is 3. The summed E-state index contributed by atoms with van der Waals surface area (Å²) in [5, 5.41) is 22.4. The van der Waals surface area contributed by atoms with Crippen molar-refractivity contribution < 1.29 is 9.66 Å². The second kappa shape index (κ2) is 7.89. The Morgan fingerprint density at radius 1 is 0.885 bits per heavy atom. The van der Waals surface area contributed by atoms with Crippen LogP contribution in [0, 0.1) is 10.1 Å². The van der Waals surface area contributed by atoms with Crippen molar-refractivity contribution in [1.82, 2.24) is 0 Å². The van der Waals surface area contributed by atoms with E-state index in [2.05, 4.69) is 15.5 Å². The number of nitrogens with zero attached hydrogens (tertiary/aromatic N) is 3. The normalized spacial score (nSPS) is 10.7. The second-order valence-electron chi connectivity index (χ2n) is 5.34. The summed E-state index contributed by atoms with van der Waals surface area (Å²) in [6.45, 7) is 0. The fourth-order valence-electron chi connectivity index (χ4n) is 2.27. The van der Waals surface area contributed by atoms with Crippen molar-refractivity contribution in [1.29, 1.82) is 0 Å². The molecule has 0 radical (unpaired) electrons. The molecule has 1 N–H and O–H groups in total. The molecule has 0 aliphatic rings. The van der Waals surface area contributed by atoms with Crippen molar-refractivity contribution in [3.8, 4) is 5.75 Å². The predicted octanol–water partition coefficient (Wildman–Crippen LogP) is 5.76. The maximum atomic E-state index is 11.1. The van der Waals surface area contributed by atoms with Gasteiger partial charge in [-0.3, -0.25) is 10.1 Å². The molecule has 3 aromatic rings. The standard InChI is InChI=1S/C19H16N4O3/c1-26-17-12-10-16(11-13-17)22-21-15-8-6-14(7-9-15)20-18-4-2-3-5-19(18)23(24)25/h2-13,20H,1H3. The number of anilines is 2. The summed E-state index contributed by atoms with van der Waals surface area (Å²) >= 11 is 0. The van der Waals surface area contributed by atoms with Gasteiger partial charge >= 0.3 is 0 Å². The molecule has 0 fully saturated rings. The van der Waals surface area contributed by atoms with Crippen LogP contribution in [0.1, 0.15) is 0 Å². The highest BCUT2D eigenvalue weighted by atomic mass is 16.6. The molecule has 0 atom stereocenters. The summed E-state index contributed by atoms with van der Waals surface area (Å²) in [5.41, 5.74) is 2.57. The van der Waals surface area contributed by atoms with Crippen molar-refractivity contribution >= 4 is 28.4 Å². The van der Waals surface area contributed by atoms with Gasteiger partial charge in [-0.1, -0.05) is 12.1 Å². The molecule has 3 rings (SSSR count). The van der Waals surface area contributed by atoms with E-state index in [0.29, 0.717) is 17.1 Å². The van der Waals surface area contributed by atoms with Crippen molar-refractivity contribution in [3.63, 3.8) is 0 Å². The predicted molar refractivity (Wildman–Crippen MR) is 100.0 cm³/mol. The van der Waals surface area contributed by atoms with Gasteiger partial charge in [0.2, 0.25) is 0 Å². The SMILES string of the molecule is COc1ccc(N=Nc2ccc(Nc3ccccc3[N+](=O)[O-])cc2)cc1. The van der Waals surface area contributed by atoms with E-state index < -0.39 is 4.92 Å². The molecule has 0 saturated carbocycles. The van der Waals surface area contributed by atoms with Gasteiger partial charge in [0.1, 0.15) is 11.4 Å². The van der Waals surface area contributed by atoms with E-state index >= 15 is 0 Å². The van der Waals surface area contributed by atoms with Crippen LogP contribution in [-0.2, 0) is 0 Å². The third kappa shape index (κ3) is 4.21. The zero-order chi connectivity index (χ0) is 18.4. The van der Waals surface area contributed by atoms with Crippen LogP contribution in [0.4, 0.5) is 28.4 Å². The number of rotatable bonds is 6. The summed E-state index contributed by atoms with van der Waals surface area (Å²) in [4.78, 5) is 10.6. The number of nitro benzene ring substituents is 1. The van der Waals surface area contributed by atoms with Crippen LogP contribution in [0.2, 0.25) is 0 Å². The largest absolute Gasteiger partial charge is 0.497 e. The zero-order valence-corrected chi connectivity index (χ0v) is 14.0. The number of hydrogen-bond donors (Lipinski definition) is 1. The lowest BCUT2D eigenvalue weighted by molar-refractivity contribution is -0.383. The maximum Gasteiger partial charge on any atom is 0.292 e. The third-order valence-electron chi connectivity index (χ3n) is 3.60. The molecule has 7 heteroatoms. The maximum absolute atomic E-state index is 11.1. The summed E-state index contributed by atoms with van der Waals surface area (Å²) in [6, 6.07) is 20.9. The second-order valence-corrected chi connectivity index (χ2v) is 5.34. The highest BCUT2D eigenvalue weighted by Crippen LogP contribution is 2.28. The Hall–Kier alpha value is -3.74. The molecule has 0 unspecified atom stereocenters. The molecule has 0 aliphatic carbocycles. The van der Waals surface area contributed by atoms with Gasteiger partial charge in [0.25, 0.3) is 5.69 Å². The van der Waals surface area contributed by atoms with Crippen LogP contribution in [0.5, 0.6) is 5.75 Å². The Morgan fingerprint density at radius 3 is 2.04 bits per heavy atom. The summed E-state index contributed by atoms with van der Waals surface area (Å²) in [5.74, 6) is 0.759. The number of nitrogens with one attached hydrogen (secondary N) is 1. The Kier molecular flexibility index (Phi) is 5.19. The van der Waals surface area contributed by atoms with Crippen molar-refractivity contribution in [2.24, 2.45) is 10.2 Å². The molecule has 0 aromatic heterocycles. The highest BCUT2D eigenvalue weighted by molar-refractivity contribution is 5.70. The van der Waals surface area contributed by atoms with Gasteiger partial charge in [-0.25, -0.2) is 0 Å². The molecule has 0 aliphatic heterocycles. The molecule has 130 valence electrons. The minimum Gasteiger partial charge on any atom is -0.497 e. The first-order chi connectivity index (χ1) is 12.7. The Morgan fingerprint density at radius 2 is 1.46 bits per heavy atom. The number of nitro groups is 1. The first-order valence-electron chi connectivity index (χ1n) is 7.82. The van der Waals surface area contributed by atoms with Gasteiger partial charge in [-0.15, -0.1) is 0 Å². The molecule has 26 heavy (non-hydrogen) atoms. The van der Waals surface area contributed by atoms with Crippen LogP contribution in [0.3, 0.4) is 0 Å². The topological polar surface area (TPSA) is 89.1 Å². The number of azo groups is 1. The number of hydrogen-bond acceptors (Lipinski definition) is 6. The fourth-order valence-corrected chi connectivity index (χ4v) is 2.27. The first kappa shape index (κ1) is 17.1. The monoisotopic (exact) mass is 348 g/mol. The average Bonchev–Trinajstić information content (AvgIpc) is 2.68. The number of methoxy groups -OCH3 is 1. The van der Waals surface area contributed by atoms with Gasteiger partial charge in [0, 0.05) is 11.8 Å². The molecule has 0 heterocycles. The highest BCUT2D eigenvalue weighted by Gasteiger charge is 2.11. The van der Waals surface area contributed by atoms with Crippen LogP contribution in [-0.4, -0.2) is 12.0 Å². The third-order valence-corrected chi connectivity index (χ3v) is 3.60. The molecule has 7 nitrogen and oxygen atoms in total. The van der Waals surface area contributed by atoms with Gasteiger partial charge in [-0.05, 0) is 54.6 Å². The molecule has 0 bridgehead atoms. The lowest BCUT2D eigenvalue weighted by Crippen LogP contribution is -1.96.